The number of piperidine rings is 1. The summed E-state index contributed by atoms with van der Waals surface area (Å²) in [7, 11) is 0. The summed E-state index contributed by atoms with van der Waals surface area (Å²) in [5.74, 6) is 0. The van der Waals surface area contributed by atoms with E-state index in [9.17, 15) is 0 Å². The minimum Gasteiger partial charge on any atom is -0.308 e. The van der Waals surface area contributed by atoms with Gasteiger partial charge < -0.3 is 10.2 Å². The van der Waals surface area contributed by atoms with Crippen molar-refractivity contribution in [2.45, 2.75) is 64.7 Å². The van der Waals surface area contributed by atoms with Crippen LogP contribution in [0.15, 0.2) is 6.07 Å². The predicted octanol–water partition coefficient (Wildman–Crippen LogP) is 1.93. The first-order valence-corrected chi connectivity index (χ1v) is 7.77. The van der Waals surface area contributed by atoms with E-state index in [2.05, 4.69) is 39.9 Å². The lowest BCUT2D eigenvalue weighted by molar-refractivity contribution is 0.166. The molecular formula is C15H26N4. The van der Waals surface area contributed by atoms with E-state index in [1.165, 1.54) is 44.5 Å². The van der Waals surface area contributed by atoms with E-state index in [1.807, 2.05) is 0 Å². The van der Waals surface area contributed by atoms with Crippen molar-refractivity contribution in [1.82, 2.24) is 20.0 Å². The van der Waals surface area contributed by atoms with Gasteiger partial charge in [-0.1, -0.05) is 0 Å². The number of nitrogens with zero attached hydrogens (tertiary/aromatic N) is 3. The molecule has 2 fully saturated rings. The molecule has 0 radical (unpaired) electrons. The molecule has 0 spiro atoms. The molecule has 1 aromatic rings. The molecule has 2 aliphatic heterocycles. The average molecular weight is 262 g/mol. The van der Waals surface area contributed by atoms with Crippen LogP contribution >= 0.6 is 0 Å². The Labute approximate surface area is 116 Å². The SMILES string of the molecule is CCn1nc(C)cc1CNC1CCN2CCCC2C1. The lowest BCUT2D eigenvalue weighted by Gasteiger charge is -2.35. The summed E-state index contributed by atoms with van der Waals surface area (Å²) in [6.45, 7) is 8.78. The highest BCUT2D eigenvalue weighted by atomic mass is 15.3. The van der Waals surface area contributed by atoms with Gasteiger partial charge in [-0.05, 0) is 58.7 Å². The molecule has 4 nitrogen and oxygen atoms in total. The van der Waals surface area contributed by atoms with Gasteiger partial charge in [0.25, 0.3) is 0 Å². The Kier molecular flexibility index (Phi) is 3.89. The maximum atomic E-state index is 4.51. The van der Waals surface area contributed by atoms with Crippen LogP contribution in [0, 0.1) is 6.92 Å². The maximum Gasteiger partial charge on any atom is 0.0597 e. The van der Waals surface area contributed by atoms with Crippen molar-refractivity contribution in [3.8, 4) is 0 Å². The second-order valence-corrected chi connectivity index (χ2v) is 6.03. The van der Waals surface area contributed by atoms with Crippen LogP contribution in [0.3, 0.4) is 0 Å². The zero-order chi connectivity index (χ0) is 13.2. The summed E-state index contributed by atoms with van der Waals surface area (Å²) in [6.07, 6.45) is 5.44. The van der Waals surface area contributed by atoms with E-state index in [-0.39, 0.29) is 0 Å². The van der Waals surface area contributed by atoms with Crippen molar-refractivity contribution in [1.29, 1.82) is 0 Å². The lowest BCUT2D eigenvalue weighted by Crippen LogP contribution is -2.45. The van der Waals surface area contributed by atoms with Gasteiger partial charge in [-0.15, -0.1) is 0 Å². The topological polar surface area (TPSA) is 33.1 Å². The van der Waals surface area contributed by atoms with Crippen LogP contribution in [0.2, 0.25) is 0 Å². The minimum atomic E-state index is 0.694. The van der Waals surface area contributed by atoms with Gasteiger partial charge >= 0.3 is 0 Å². The molecule has 2 unspecified atom stereocenters. The third-order valence-corrected chi connectivity index (χ3v) is 4.68. The summed E-state index contributed by atoms with van der Waals surface area (Å²) in [5.41, 5.74) is 2.46. The van der Waals surface area contributed by atoms with E-state index in [1.54, 1.807) is 0 Å². The maximum absolute atomic E-state index is 4.51. The molecule has 2 saturated heterocycles. The molecule has 3 heterocycles. The Balaban J connectivity index is 1.54. The van der Waals surface area contributed by atoms with Gasteiger partial charge in [-0.25, -0.2) is 0 Å². The molecule has 1 aromatic heterocycles. The lowest BCUT2D eigenvalue weighted by atomic mass is 9.97. The first kappa shape index (κ1) is 13.1. The van der Waals surface area contributed by atoms with Gasteiger partial charge in [0.1, 0.15) is 0 Å². The second kappa shape index (κ2) is 5.63. The minimum absolute atomic E-state index is 0.694. The number of aromatic nitrogens is 2. The number of hydrogen-bond acceptors (Lipinski definition) is 3. The largest absolute Gasteiger partial charge is 0.308 e. The van der Waals surface area contributed by atoms with E-state index in [0.29, 0.717) is 6.04 Å². The molecule has 3 rings (SSSR count). The van der Waals surface area contributed by atoms with E-state index >= 15 is 0 Å². The monoisotopic (exact) mass is 262 g/mol. The molecule has 106 valence electrons. The Morgan fingerprint density at radius 1 is 1.37 bits per heavy atom. The van der Waals surface area contributed by atoms with Crippen molar-refractivity contribution < 1.29 is 0 Å². The molecule has 19 heavy (non-hydrogen) atoms. The van der Waals surface area contributed by atoms with Gasteiger partial charge in [0.05, 0.1) is 11.4 Å². The van der Waals surface area contributed by atoms with Crippen molar-refractivity contribution in [2.24, 2.45) is 0 Å². The fraction of sp³-hybridized carbons (Fsp3) is 0.800. The van der Waals surface area contributed by atoms with Gasteiger partial charge in [0.2, 0.25) is 0 Å². The van der Waals surface area contributed by atoms with E-state index in [4.69, 9.17) is 0 Å². The molecule has 4 heteroatoms. The molecule has 0 bridgehead atoms. The molecule has 0 saturated carbocycles. The van der Waals surface area contributed by atoms with E-state index in [0.717, 1.165) is 24.8 Å². The normalized spacial score (nSPS) is 27.7. The van der Waals surface area contributed by atoms with Crippen LogP contribution in [0.4, 0.5) is 0 Å². The third kappa shape index (κ3) is 2.84. The van der Waals surface area contributed by atoms with Crippen molar-refractivity contribution in [3.63, 3.8) is 0 Å². The first-order valence-electron chi connectivity index (χ1n) is 7.77. The van der Waals surface area contributed by atoms with Crippen LogP contribution in [-0.4, -0.2) is 39.9 Å². The number of nitrogens with one attached hydrogen (secondary N) is 1. The predicted molar refractivity (Wildman–Crippen MR) is 77.1 cm³/mol. The quantitative estimate of drug-likeness (QED) is 0.900. The molecule has 0 aromatic carbocycles. The van der Waals surface area contributed by atoms with Crippen LogP contribution in [0.1, 0.15) is 44.0 Å². The van der Waals surface area contributed by atoms with Gasteiger partial charge in [0.15, 0.2) is 0 Å². The molecule has 2 atom stereocenters. The third-order valence-electron chi connectivity index (χ3n) is 4.68. The molecular weight excluding hydrogens is 236 g/mol. The van der Waals surface area contributed by atoms with Crippen LogP contribution < -0.4 is 5.32 Å². The van der Waals surface area contributed by atoms with Gasteiger partial charge in [0, 0.05) is 25.2 Å². The smallest absolute Gasteiger partial charge is 0.0597 e. The summed E-state index contributed by atoms with van der Waals surface area (Å²) >= 11 is 0. The first-order chi connectivity index (χ1) is 9.26. The summed E-state index contributed by atoms with van der Waals surface area (Å²) < 4.78 is 2.12. The number of rotatable bonds is 4. The Morgan fingerprint density at radius 2 is 2.26 bits per heavy atom. The summed E-state index contributed by atoms with van der Waals surface area (Å²) in [6, 6.07) is 3.75. The highest BCUT2D eigenvalue weighted by Crippen LogP contribution is 2.26. The summed E-state index contributed by atoms with van der Waals surface area (Å²) in [5, 5.41) is 8.27. The fourth-order valence-electron chi connectivity index (χ4n) is 3.67. The number of aryl methyl sites for hydroxylation is 2. The molecule has 2 aliphatic rings. The highest BCUT2D eigenvalue weighted by molar-refractivity contribution is 5.09. The van der Waals surface area contributed by atoms with Crippen LogP contribution in [-0.2, 0) is 13.1 Å². The van der Waals surface area contributed by atoms with Crippen molar-refractivity contribution in [2.75, 3.05) is 13.1 Å². The molecule has 0 aliphatic carbocycles. The zero-order valence-corrected chi connectivity index (χ0v) is 12.2. The van der Waals surface area contributed by atoms with Crippen LogP contribution in [0.5, 0.6) is 0 Å². The second-order valence-electron chi connectivity index (χ2n) is 6.03. The molecule has 0 amide bonds. The Morgan fingerprint density at radius 3 is 3.11 bits per heavy atom. The Hall–Kier alpha value is -0.870. The van der Waals surface area contributed by atoms with Gasteiger partial charge in [-0.3, -0.25) is 4.68 Å². The standard InChI is InChI=1S/C15H26N4/c1-3-19-15(9-12(2)17-19)11-16-13-6-8-18-7-4-5-14(18)10-13/h9,13-14,16H,3-8,10-11H2,1-2H3. The summed E-state index contributed by atoms with van der Waals surface area (Å²) in [4.78, 5) is 2.68. The van der Waals surface area contributed by atoms with Crippen molar-refractivity contribution in [3.05, 3.63) is 17.5 Å². The van der Waals surface area contributed by atoms with Crippen molar-refractivity contribution >= 4 is 0 Å². The highest BCUT2D eigenvalue weighted by Gasteiger charge is 2.31. The number of fused-ring (bicyclic) bond motifs is 1. The number of hydrogen-bond donors (Lipinski definition) is 1. The molecule has 1 N–H and O–H groups in total. The van der Waals surface area contributed by atoms with Crippen LogP contribution in [0.25, 0.3) is 0 Å². The fourth-order valence-corrected chi connectivity index (χ4v) is 3.67. The van der Waals surface area contributed by atoms with Gasteiger partial charge in [-0.2, -0.15) is 5.10 Å². The zero-order valence-electron chi connectivity index (χ0n) is 12.2. The average Bonchev–Trinajstić information content (AvgIpc) is 3.01. The van der Waals surface area contributed by atoms with E-state index < -0.39 is 0 Å². The Bertz CT molecular complexity index is 426.